The first-order valence-electron chi connectivity index (χ1n) is 7.87. The monoisotopic (exact) mass is 302 g/mol. The first-order valence-corrected chi connectivity index (χ1v) is 7.87. The molecule has 0 aromatic carbocycles. The van der Waals surface area contributed by atoms with E-state index in [2.05, 4.69) is 32.2 Å². The lowest BCUT2D eigenvalue weighted by atomic mass is 9.97. The normalized spacial score (nSPS) is 21.9. The highest BCUT2D eigenvalue weighted by atomic mass is 16.5. The number of imidazole rings is 1. The van der Waals surface area contributed by atoms with Crippen LogP contribution in [0, 0.1) is 6.92 Å². The highest BCUT2D eigenvalue weighted by Gasteiger charge is 2.32. The second kappa shape index (κ2) is 5.40. The van der Waals surface area contributed by atoms with Crippen LogP contribution < -0.4 is 10.2 Å². The van der Waals surface area contributed by atoms with Crippen LogP contribution in [-0.2, 0) is 18.2 Å². The van der Waals surface area contributed by atoms with Gasteiger partial charge in [-0.05, 0) is 6.92 Å². The minimum absolute atomic E-state index is 0.113. The molecular formula is C15H22N6O. The van der Waals surface area contributed by atoms with Crippen LogP contribution >= 0.6 is 0 Å². The first kappa shape index (κ1) is 13.8. The van der Waals surface area contributed by atoms with Crippen molar-refractivity contribution in [3.63, 3.8) is 0 Å². The van der Waals surface area contributed by atoms with Crippen molar-refractivity contribution in [2.24, 2.45) is 7.05 Å². The van der Waals surface area contributed by atoms with Crippen molar-refractivity contribution < 1.29 is 4.74 Å². The van der Waals surface area contributed by atoms with Gasteiger partial charge in [0.15, 0.2) is 0 Å². The Morgan fingerprint density at radius 3 is 2.95 bits per heavy atom. The van der Waals surface area contributed by atoms with Crippen LogP contribution in [-0.4, -0.2) is 52.6 Å². The summed E-state index contributed by atoms with van der Waals surface area (Å²) in [6.45, 7) is 6.40. The number of nitrogens with zero attached hydrogens (tertiary/aromatic N) is 4. The van der Waals surface area contributed by atoms with Gasteiger partial charge in [0.1, 0.15) is 5.82 Å². The number of fused-ring (bicyclic) bond motifs is 1. The van der Waals surface area contributed by atoms with Crippen molar-refractivity contribution in [1.29, 1.82) is 0 Å². The number of anilines is 1. The Kier molecular flexibility index (Phi) is 3.38. The van der Waals surface area contributed by atoms with Crippen LogP contribution in [0.1, 0.15) is 28.7 Å². The number of morpholine rings is 1. The van der Waals surface area contributed by atoms with Crippen LogP contribution in [0.5, 0.6) is 0 Å². The molecule has 118 valence electrons. The first-order chi connectivity index (χ1) is 10.8. The van der Waals surface area contributed by atoms with Gasteiger partial charge < -0.3 is 19.9 Å². The van der Waals surface area contributed by atoms with E-state index in [0.717, 1.165) is 50.7 Å². The Balaban J connectivity index is 1.79. The number of hydrogen-bond donors (Lipinski definition) is 2. The second-order valence-electron chi connectivity index (χ2n) is 5.95. The fraction of sp³-hybridized carbons (Fsp3) is 0.600. The summed E-state index contributed by atoms with van der Waals surface area (Å²) in [4.78, 5) is 10.2. The summed E-state index contributed by atoms with van der Waals surface area (Å²) in [6.07, 6.45) is 2.79. The van der Waals surface area contributed by atoms with Gasteiger partial charge in [-0.25, -0.2) is 4.98 Å². The van der Waals surface area contributed by atoms with E-state index >= 15 is 0 Å². The molecular weight excluding hydrogens is 280 g/mol. The van der Waals surface area contributed by atoms with Gasteiger partial charge in [-0.15, -0.1) is 0 Å². The molecule has 0 spiro atoms. The molecule has 2 N–H and O–H groups in total. The molecule has 0 aliphatic carbocycles. The molecule has 2 aromatic rings. The number of hydrogen-bond acceptors (Lipinski definition) is 5. The van der Waals surface area contributed by atoms with Gasteiger partial charge in [0.05, 0.1) is 37.0 Å². The lowest BCUT2D eigenvalue weighted by Gasteiger charge is -2.32. The van der Waals surface area contributed by atoms with Gasteiger partial charge in [-0.3, -0.25) is 4.68 Å². The summed E-state index contributed by atoms with van der Waals surface area (Å²) in [5, 5.41) is 8.29. The van der Waals surface area contributed by atoms with Crippen molar-refractivity contribution in [3.8, 4) is 0 Å². The van der Waals surface area contributed by atoms with Gasteiger partial charge in [0, 0.05) is 44.4 Å². The Morgan fingerprint density at radius 1 is 1.32 bits per heavy atom. The highest BCUT2D eigenvalue weighted by molar-refractivity contribution is 5.55. The van der Waals surface area contributed by atoms with E-state index in [1.54, 1.807) is 6.33 Å². The summed E-state index contributed by atoms with van der Waals surface area (Å²) >= 11 is 0. The molecule has 0 amide bonds. The lowest BCUT2D eigenvalue weighted by Crippen LogP contribution is -2.39. The molecule has 0 radical (unpaired) electrons. The van der Waals surface area contributed by atoms with E-state index < -0.39 is 0 Å². The van der Waals surface area contributed by atoms with Crippen LogP contribution in [0.4, 0.5) is 5.82 Å². The minimum Gasteiger partial charge on any atom is -0.378 e. The van der Waals surface area contributed by atoms with Crippen LogP contribution in [0.3, 0.4) is 0 Å². The smallest absolute Gasteiger partial charge is 0.132 e. The number of aromatic nitrogens is 4. The summed E-state index contributed by atoms with van der Waals surface area (Å²) in [7, 11) is 2.02. The summed E-state index contributed by atoms with van der Waals surface area (Å²) in [5.41, 5.74) is 4.66. The molecule has 0 bridgehead atoms. The number of rotatable bonds is 2. The zero-order valence-corrected chi connectivity index (χ0v) is 13.1. The van der Waals surface area contributed by atoms with Crippen LogP contribution in [0.2, 0.25) is 0 Å². The third-order valence-electron chi connectivity index (χ3n) is 4.59. The second-order valence-corrected chi connectivity index (χ2v) is 5.95. The average Bonchev–Trinajstić information content (AvgIpc) is 3.12. The van der Waals surface area contributed by atoms with Crippen molar-refractivity contribution >= 4 is 5.82 Å². The molecule has 1 saturated heterocycles. The average molecular weight is 302 g/mol. The number of nitrogens with one attached hydrogen (secondary N) is 2. The van der Waals surface area contributed by atoms with Gasteiger partial charge in [0.2, 0.25) is 0 Å². The maximum absolute atomic E-state index is 5.49. The Labute approximate surface area is 129 Å². The van der Waals surface area contributed by atoms with Crippen molar-refractivity contribution in [1.82, 2.24) is 25.1 Å². The van der Waals surface area contributed by atoms with E-state index in [-0.39, 0.29) is 6.04 Å². The van der Waals surface area contributed by atoms with Crippen molar-refractivity contribution in [3.05, 3.63) is 29.0 Å². The third-order valence-corrected chi connectivity index (χ3v) is 4.59. The molecule has 2 aliphatic rings. The fourth-order valence-electron chi connectivity index (χ4n) is 3.61. The Hall–Kier alpha value is -1.86. The van der Waals surface area contributed by atoms with Crippen molar-refractivity contribution in [2.75, 3.05) is 37.7 Å². The molecule has 0 unspecified atom stereocenters. The summed E-state index contributed by atoms with van der Waals surface area (Å²) in [5.74, 6) is 1.19. The standard InChI is InChI=1S/C15H22N6O/c1-10-12(14-13-11(3-4-16-14)17-9-18-13)15(20(2)19-10)21-5-7-22-8-6-21/h9,14,16H,3-8H2,1-2H3,(H,17,18)/t14-/m1/s1. The predicted octanol–water partition coefficient (Wildman–Crippen LogP) is 0.523. The number of ether oxygens (including phenoxy) is 1. The van der Waals surface area contributed by atoms with Gasteiger partial charge in [-0.1, -0.05) is 0 Å². The third kappa shape index (κ3) is 2.12. The number of H-pyrrole nitrogens is 1. The molecule has 1 atom stereocenters. The zero-order valence-electron chi connectivity index (χ0n) is 13.1. The SMILES string of the molecule is Cc1nn(C)c(N2CCOCC2)c1[C@H]1NCCc2[nH]cnc21. The summed E-state index contributed by atoms with van der Waals surface area (Å²) < 4.78 is 7.49. The number of aromatic amines is 1. The van der Waals surface area contributed by atoms with Gasteiger partial charge in [-0.2, -0.15) is 5.10 Å². The number of aryl methyl sites for hydroxylation is 2. The molecule has 0 saturated carbocycles. The molecule has 22 heavy (non-hydrogen) atoms. The van der Waals surface area contributed by atoms with Gasteiger partial charge >= 0.3 is 0 Å². The molecule has 2 aromatic heterocycles. The van der Waals surface area contributed by atoms with E-state index in [4.69, 9.17) is 4.74 Å². The van der Waals surface area contributed by atoms with E-state index in [0.29, 0.717) is 0 Å². The Bertz CT molecular complexity index is 670. The van der Waals surface area contributed by atoms with Crippen LogP contribution in [0.25, 0.3) is 0 Å². The molecule has 4 rings (SSSR count). The van der Waals surface area contributed by atoms with E-state index in [9.17, 15) is 0 Å². The molecule has 2 aliphatic heterocycles. The lowest BCUT2D eigenvalue weighted by molar-refractivity contribution is 0.122. The fourth-order valence-corrected chi connectivity index (χ4v) is 3.61. The Morgan fingerprint density at radius 2 is 2.14 bits per heavy atom. The highest BCUT2D eigenvalue weighted by Crippen LogP contribution is 2.35. The van der Waals surface area contributed by atoms with E-state index in [1.807, 2.05) is 11.7 Å². The largest absolute Gasteiger partial charge is 0.378 e. The zero-order chi connectivity index (χ0) is 15.1. The minimum atomic E-state index is 0.113. The van der Waals surface area contributed by atoms with Crippen molar-refractivity contribution in [2.45, 2.75) is 19.4 Å². The molecule has 1 fully saturated rings. The maximum atomic E-state index is 5.49. The maximum Gasteiger partial charge on any atom is 0.132 e. The quantitative estimate of drug-likeness (QED) is 0.846. The van der Waals surface area contributed by atoms with E-state index in [1.165, 1.54) is 17.1 Å². The topological polar surface area (TPSA) is 71.0 Å². The predicted molar refractivity (Wildman–Crippen MR) is 83.1 cm³/mol. The van der Waals surface area contributed by atoms with Gasteiger partial charge in [0.25, 0.3) is 0 Å². The molecule has 4 heterocycles. The molecule has 7 nitrogen and oxygen atoms in total. The summed E-state index contributed by atoms with van der Waals surface area (Å²) in [6, 6.07) is 0.113. The molecule has 7 heteroatoms. The van der Waals surface area contributed by atoms with Crippen LogP contribution in [0.15, 0.2) is 6.33 Å².